The predicted octanol–water partition coefficient (Wildman–Crippen LogP) is -2.62. The van der Waals surface area contributed by atoms with Gasteiger partial charge < -0.3 is 63.8 Å². The molecular formula is C42H90N12O12S8+2. The molecule has 0 saturated carbocycles. The average Bonchev–Trinajstić information content (AvgIpc) is 3.37. The molecule has 0 aliphatic carbocycles. The quantitative estimate of drug-likeness (QED) is 0.0300. The van der Waals surface area contributed by atoms with Gasteiger partial charge in [0.1, 0.15) is 36.0 Å². The molecular weight excluding hydrogens is 1120 g/mol. The van der Waals surface area contributed by atoms with Gasteiger partial charge in [-0.2, -0.15) is 37.0 Å². The molecule has 0 aromatic rings. The number of rotatable bonds is 22. The first kappa shape index (κ1) is 87.1. The number of likely N-dealkylation sites (N-methyl/N-ethyl adjacent to an activating group) is 6. The van der Waals surface area contributed by atoms with Crippen LogP contribution < -0.4 is 63.8 Å². The summed E-state index contributed by atoms with van der Waals surface area (Å²) >= 11 is 15.7. The average molecular weight is 1210 g/mol. The van der Waals surface area contributed by atoms with Crippen LogP contribution in [0.3, 0.4) is 0 Å². The monoisotopic (exact) mass is 1210 g/mol. The summed E-state index contributed by atoms with van der Waals surface area (Å²) in [4.78, 5) is 130. The van der Waals surface area contributed by atoms with Crippen LogP contribution in [0.1, 0.15) is 69.2 Å². The first-order valence-corrected chi connectivity index (χ1v) is 30.7. The maximum atomic E-state index is 11.2. The Bertz CT molecular complexity index is 1480. The maximum Gasteiger partial charge on any atom is 0.247 e. The van der Waals surface area contributed by atoms with Crippen LogP contribution in [0, 0.1) is 0 Å². The number of thiol groups is 2. The van der Waals surface area contributed by atoms with Gasteiger partial charge in [0, 0.05) is 119 Å². The van der Waals surface area contributed by atoms with Gasteiger partial charge in [0.15, 0.2) is 6.04 Å². The van der Waals surface area contributed by atoms with Crippen molar-refractivity contribution in [3.05, 3.63) is 0 Å². The molecule has 0 heterocycles. The fraction of sp³-hybridized carbons (Fsp3) is 0.714. The summed E-state index contributed by atoms with van der Waals surface area (Å²) in [5.74, 6) is 0.329. The Morgan fingerprint density at radius 3 is 0.811 bits per heavy atom. The van der Waals surface area contributed by atoms with E-state index in [4.69, 9.17) is 0 Å². The number of thioether (sulfide) groups is 1. The number of hydrogen-bond donors (Lipinski definition) is 14. The van der Waals surface area contributed by atoms with Crippen LogP contribution in [0.25, 0.3) is 0 Å². The lowest BCUT2D eigenvalue weighted by Gasteiger charge is -2.14. The third kappa shape index (κ3) is 59.3. The Morgan fingerprint density at radius 1 is 0.392 bits per heavy atom. The minimum absolute atomic E-state index is 0.153. The van der Waals surface area contributed by atoms with Crippen molar-refractivity contribution in [2.75, 3.05) is 89.3 Å². The molecule has 0 rings (SSSR count). The molecule has 0 spiro atoms. The second kappa shape index (κ2) is 62.0. The normalized spacial score (nSPS) is 11.4. The van der Waals surface area contributed by atoms with Crippen LogP contribution >= 0.6 is 69.4 Å². The highest BCUT2D eigenvalue weighted by atomic mass is 33.1. The van der Waals surface area contributed by atoms with E-state index < -0.39 is 36.3 Å². The summed E-state index contributed by atoms with van der Waals surface area (Å²) in [5, 5.41) is 29.8. The van der Waals surface area contributed by atoms with Gasteiger partial charge in [-0.25, -0.2) is 0 Å². The lowest BCUT2D eigenvalue weighted by Crippen LogP contribution is -2.46. The van der Waals surface area contributed by atoms with Crippen molar-refractivity contribution >= 4 is 165 Å². The van der Waals surface area contributed by atoms with Crippen LogP contribution in [0.5, 0.6) is 0 Å². The molecule has 0 aromatic heterocycles. The molecule has 0 fully saturated rings. The summed E-state index contributed by atoms with van der Waals surface area (Å²) < 4.78 is 0. The van der Waals surface area contributed by atoms with Gasteiger partial charge >= 0.3 is 0 Å². The van der Waals surface area contributed by atoms with Crippen molar-refractivity contribution in [1.82, 2.24) is 63.8 Å². The number of amides is 12. The summed E-state index contributed by atoms with van der Waals surface area (Å²) in [5.41, 5.74) is 0. The molecule has 0 bridgehead atoms. The van der Waals surface area contributed by atoms with Gasteiger partial charge in [-0.05, 0) is 25.1 Å². The van der Waals surface area contributed by atoms with Crippen LogP contribution in [-0.4, -0.2) is 196 Å². The van der Waals surface area contributed by atoms with Crippen LogP contribution in [0.2, 0.25) is 0 Å². The minimum Gasteiger partial charge on any atom is -0.357 e. The SMILES string of the molecule is CC.CC.CNC(=O)C(CS)NC(C)=O.CNC(=O)C(CS)NC(C)=O.CNC(=O)C(CSC)NC(C)=O.CNC(=O)C(CSSC)NC(C)=O.CNC(=O)C(CS[SH2+])NC(C)=O.CNC(=O)C(C[SH2+])NC(C)=O. The van der Waals surface area contributed by atoms with E-state index in [0.717, 1.165) is 0 Å². The smallest absolute Gasteiger partial charge is 0.247 e. The maximum absolute atomic E-state index is 11.2. The van der Waals surface area contributed by atoms with E-state index in [1.165, 1.54) is 92.3 Å². The molecule has 12 N–H and O–H groups in total. The molecule has 0 aliphatic heterocycles. The highest BCUT2D eigenvalue weighted by Crippen LogP contribution is 2.17. The first-order chi connectivity index (χ1) is 34.7. The number of nitrogens with one attached hydrogen (secondary N) is 12. The van der Waals surface area contributed by atoms with Crippen LogP contribution in [0.15, 0.2) is 0 Å². The van der Waals surface area contributed by atoms with Crippen molar-refractivity contribution < 1.29 is 57.5 Å². The lowest BCUT2D eigenvalue weighted by atomic mass is 10.3. The van der Waals surface area contributed by atoms with E-state index in [9.17, 15) is 57.5 Å². The molecule has 24 nitrogen and oxygen atoms in total. The van der Waals surface area contributed by atoms with E-state index in [1.54, 1.807) is 35.7 Å². The Kier molecular flexibility index (Phi) is 73.0. The number of carbonyl (C=O) groups is 12. The first-order valence-electron chi connectivity index (χ1n) is 22.4. The molecule has 74 heavy (non-hydrogen) atoms. The second-order valence-electron chi connectivity index (χ2n) is 13.0. The molecule has 12 amide bonds. The van der Waals surface area contributed by atoms with Gasteiger partial charge in [0.05, 0.1) is 16.5 Å². The van der Waals surface area contributed by atoms with Gasteiger partial charge in [0.25, 0.3) is 0 Å². The molecule has 0 aliphatic rings. The summed E-state index contributed by atoms with van der Waals surface area (Å²) in [6.45, 7) is 16.3. The zero-order valence-corrected chi connectivity index (χ0v) is 53.2. The molecule has 0 saturated heterocycles. The van der Waals surface area contributed by atoms with Crippen LogP contribution in [0.4, 0.5) is 0 Å². The molecule has 32 heteroatoms. The van der Waals surface area contributed by atoms with Gasteiger partial charge in [0.2, 0.25) is 70.9 Å². The fourth-order valence-corrected chi connectivity index (χ4v) is 7.64. The molecule has 436 valence electrons. The number of hydrogen-bond acceptors (Lipinski definition) is 18. The molecule has 6 atom stereocenters. The zero-order valence-electron chi connectivity index (χ0n) is 46.1. The highest BCUT2D eigenvalue weighted by Gasteiger charge is 2.21. The van der Waals surface area contributed by atoms with Crippen molar-refractivity contribution in [2.24, 2.45) is 0 Å². The Labute approximate surface area is 477 Å². The van der Waals surface area contributed by atoms with E-state index in [1.807, 2.05) is 40.2 Å². The van der Waals surface area contributed by atoms with Gasteiger partial charge in [-0.15, -0.1) is 0 Å². The summed E-state index contributed by atoms with van der Waals surface area (Å²) in [6.07, 6.45) is 3.82. The molecule has 0 radical (unpaired) electrons. The van der Waals surface area contributed by atoms with Crippen molar-refractivity contribution in [3.8, 4) is 0 Å². The summed E-state index contributed by atoms with van der Waals surface area (Å²) in [6, 6.07) is -2.84. The highest BCUT2D eigenvalue weighted by molar-refractivity contribution is 8.76. The third-order valence-electron chi connectivity index (χ3n) is 7.15. The largest absolute Gasteiger partial charge is 0.357 e. The second-order valence-corrected chi connectivity index (χ2v) is 19.1. The molecule has 6 unspecified atom stereocenters. The standard InChI is InChI=1S/C7H14N2O2S2.C7H14N2O2S.C6H12N2O2S2.3C6H12N2O2S.2C2H6/c1-5(10)9-6(4-13-12-3)7(11)8-2;1-5(10)9-6(4-12-3)7(11)8-2;1-4(9)8-5(3-12-11)6(10)7-2;3*1-4(9)8-5(3-11)6(10)7-2;2*1-2/h6H,4H2,1-3H3,(H,8,11)(H,9,10);6H,4H2,1-3H3,(H,8,11)(H,9,10);5,11H,3H2,1-2H3,(H,7,10)(H,8,9);3*5,11H,3H2,1-2H3,(H,7,10)(H,8,9);2*1-2H3/p+2. The Hall–Kier alpha value is -3.56. The lowest BCUT2D eigenvalue weighted by molar-refractivity contribution is -0.127. The van der Waals surface area contributed by atoms with Crippen molar-refractivity contribution in [3.63, 3.8) is 0 Å². The van der Waals surface area contributed by atoms with E-state index >= 15 is 0 Å². The fourth-order valence-electron chi connectivity index (χ4n) is 4.05. The van der Waals surface area contributed by atoms with Crippen molar-refractivity contribution in [2.45, 2.75) is 105 Å². The van der Waals surface area contributed by atoms with E-state index in [0.29, 0.717) is 34.5 Å². The third-order valence-corrected chi connectivity index (χ3v) is 11.8. The predicted molar refractivity (Wildman–Crippen MR) is 322 cm³/mol. The van der Waals surface area contributed by atoms with E-state index in [-0.39, 0.29) is 70.9 Å². The Balaban J connectivity index is -0.000000116. The van der Waals surface area contributed by atoms with Gasteiger partial charge in [-0.3, -0.25) is 57.5 Å². The number of carbonyl (C=O) groups excluding carboxylic acids is 12. The van der Waals surface area contributed by atoms with Gasteiger partial charge in [-0.1, -0.05) is 49.3 Å². The van der Waals surface area contributed by atoms with Crippen LogP contribution in [-0.2, 0) is 81.8 Å². The molecule has 0 aromatic carbocycles. The topological polar surface area (TPSA) is 349 Å². The zero-order chi connectivity index (χ0) is 59.9. The van der Waals surface area contributed by atoms with Crippen molar-refractivity contribution in [1.29, 1.82) is 0 Å². The Morgan fingerprint density at radius 2 is 0.608 bits per heavy atom. The summed E-state index contributed by atoms with van der Waals surface area (Å²) in [7, 11) is 13.6. The minimum atomic E-state index is -0.527. The van der Waals surface area contributed by atoms with E-state index in [2.05, 4.69) is 113 Å².